The highest BCUT2D eigenvalue weighted by Crippen LogP contribution is 2.65. The fourth-order valence-corrected chi connectivity index (χ4v) is 7.92. The first-order valence-corrected chi connectivity index (χ1v) is 13.2. The number of hydrogen-bond donors (Lipinski definition) is 5. The van der Waals surface area contributed by atoms with Crippen molar-refractivity contribution in [1.82, 2.24) is 0 Å². The Kier molecular flexibility index (Phi) is 6.85. The van der Waals surface area contributed by atoms with Crippen LogP contribution in [0.5, 0.6) is 0 Å². The molecule has 5 N–H and O–H groups in total. The van der Waals surface area contributed by atoms with Gasteiger partial charge in [0.15, 0.2) is 0 Å². The summed E-state index contributed by atoms with van der Waals surface area (Å²) in [6, 6.07) is 0. The molecule has 0 saturated heterocycles. The van der Waals surface area contributed by atoms with Gasteiger partial charge in [0.25, 0.3) is 0 Å². The van der Waals surface area contributed by atoms with Crippen LogP contribution in [-0.2, 0) is 4.84 Å². The van der Waals surface area contributed by atoms with E-state index in [0.29, 0.717) is 32.1 Å². The molecular weight excluding hydrogens is 446 g/mol. The van der Waals surface area contributed by atoms with Crippen molar-refractivity contribution in [2.24, 2.45) is 33.7 Å². The van der Waals surface area contributed by atoms with E-state index >= 15 is 0 Å². The Morgan fingerprint density at radius 2 is 1.83 bits per heavy atom. The third kappa shape index (κ3) is 4.42. The number of fused-ring (bicyclic) bond motifs is 5. The van der Waals surface area contributed by atoms with Gasteiger partial charge in [0.05, 0.1) is 35.2 Å². The van der Waals surface area contributed by atoms with E-state index in [9.17, 15) is 25.5 Å². The third-order valence-electron chi connectivity index (χ3n) is 10.0. The minimum atomic E-state index is -1.30. The molecule has 4 aliphatic carbocycles. The van der Waals surface area contributed by atoms with E-state index < -0.39 is 29.5 Å². The van der Waals surface area contributed by atoms with Crippen LogP contribution in [0.25, 0.3) is 0 Å². The van der Waals surface area contributed by atoms with Crippen molar-refractivity contribution in [2.75, 3.05) is 7.11 Å². The molecule has 0 amide bonds. The van der Waals surface area contributed by atoms with Gasteiger partial charge in [0.2, 0.25) is 0 Å². The third-order valence-corrected chi connectivity index (χ3v) is 10.0. The number of aliphatic hydroxyl groups is 5. The smallest absolute Gasteiger partial charge is 0.106 e. The number of hydrogen-bond acceptors (Lipinski definition) is 7. The Bertz CT molecular complexity index is 917. The molecule has 7 nitrogen and oxygen atoms in total. The standard InChI is InChI=1S/C28H45NO6/c1-25(2,33)11-10-24(32)28(5,34)23-8-7-17-16-13-20(29-35-6)19-14-21(30)22(31)15-27(19,4)18(16)9-12-26(17,23)3/h7,13,18-19,21-24,30-34H,8-12,14-15H2,1-6H3/b29-20+/t18?,19-,21+,22-,23-,24?,26-,27+,28?/m0/s1. The highest BCUT2D eigenvalue weighted by Gasteiger charge is 2.60. The highest BCUT2D eigenvalue weighted by molar-refractivity contribution is 5.99. The Hall–Kier alpha value is -1.25. The lowest BCUT2D eigenvalue weighted by Crippen LogP contribution is -2.56. The van der Waals surface area contributed by atoms with Crippen molar-refractivity contribution in [2.45, 2.75) is 109 Å². The lowest BCUT2D eigenvalue weighted by molar-refractivity contribution is -0.134. The van der Waals surface area contributed by atoms with Gasteiger partial charge in [-0.2, -0.15) is 0 Å². The van der Waals surface area contributed by atoms with Crippen LogP contribution in [0.2, 0.25) is 0 Å². The molecule has 0 aliphatic heterocycles. The number of allylic oxidation sites excluding steroid dienone is 4. The normalized spacial score (nSPS) is 42.8. The lowest BCUT2D eigenvalue weighted by atomic mass is 9.47. The van der Waals surface area contributed by atoms with Gasteiger partial charge in [0, 0.05) is 11.8 Å². The van der Waals surface area contributed by atoms with Crippen LogP contribution in [0.3, 0.4) is 0 Å². The molecule has 35 heavy (non-hydrogen) atoms. The summed E-state index contributed by atoms with van der Waals surface area (Å²) < 4.78 is 0. The fourth-order valence-electron chi connectivity index (χ4n) is 7.92. The molecule has 0 aromatic carbocycles. The van der Waals surface area contributed by atoms with Crippen molar-refractivity contribution in [3.05, 3.63) is 23.3 Å². The van der Waals surface area contributed by atoms with Gasteiger partial charge >= 0.3 is 0 Å². The van der Waals surface area contributed by atoms with Crippen molar-refractivity contribution in [1.29, 1.82) is 0 Å². The lowest BCUT2D eigenvalue weighted by Gasteiger charge is -2.57. The molecular formula is C28H45NO6. The van der Waals surface area contributed by atoms with E-state index in [-0.39, 0.29) is 28.6 Å². The summed E-state index contributed by atoms with van der Waals surface area (Å²) in [7, 11) is 1.53. The molecule has 0 heterocycles. The molecule has 4 rings (SSSR count). The molecule has 0 aromatic heterocycles. The molecule has 2 saturated carbocycles. The van der Waals surface area contributed by atoms with Crippen LogP contribution in [0, 0.1) is 28.6 Å². The Morgan fingerprint density at radius 1 is 1.14 bits per heavy atom. The van der Waals surface area contributed by atoms with Gasteiger partial charge in [-0.15, -0.1) is 0 Å². The zero-order valence-electron chi connectivity index (χ0n) is 22.2. The molecule has 4 aliphatic rings. The molecule has 0 radical (unpaired) electrons. The summed E-state index contributed by atoms with van der Waals surface area (Å²) in [6.07, 6.45) is 6.02. The van der Waals surface area contributed by atoms with Crippen molar-refractivity contribution in [3.63, 3.8) is 0 Å². The summed E-state index contributed by atoms with van der Waals surface area (Å²) in [6.45, 7) is 9.59. The molecule has 2 fully saturated rings. The average molecular weight is 492 g/mol. The van der Waals surface area contributed by atoms with Crippen LogP contribution in [0.1, 0.15) is 79.6 Å². The molecule has 198 valence electrons. The highest BCUT2D eigenvalue weighted by atomic mass is 16.6. The van der Waals surface area contributed by atoms with E-state index in [0.717, 1.165) is 18.6 Å². The molecule has 0 aromatic rings. The first kappa shape index (κ1) is 26.8. The van der Waals surface area contributed by atoms with Gasteiger partial charge in [-0.05, 0) is 99.7 Å². The first-order chi connectivity index (χ1) is 16.1. The number of aliphatic hydroxyl groups excluding tert-OH is 3. The maximum Gasteiger partial charge on any atom is 0.106 e. The van der Waals surface area contributed by atoms with E-state index in [1.54, 1.807) is 20.8 Å². The topological polar surface area (TPSA) is 123 Å². The van der Waals surface area contributed by atoms with Gasteiger partial charge in [0.1, 0.15) is 7.11 Å². The SMILES string of the molecule is CO/N=C1\C=C2C3=CC[C@H](C(C)(O)C(O)CCC(C)(C)O)[C@@]3(C)CCC2[C@@]2(C)C[C@H](O)[C@H](O)C[C@@H]12. The van der Waals surface area contributed by atoms with Crippen LogP contribution in [0.4, 0.5) is 0 Å². The van der Waals surface area contributed by atoms with Gasteiger partial charge < -0.3 is 30.4 Å². The molecule has 9 atom stereocenters. The Morgan fingerprint density at radius 3 is 2.46 bits per heavy atom. The Balaban J connectivity index is 1.67. The largest absolute Gasteiger partial charge is 0.399 e. The maximum absolute atomic E-state index is 11.6. The summed E-state index contributed by atoms with van der Waals surface area (Å²) in [5.74, 6) is 0.0629. The quantitative estimate of drug-likeness (QED) is 0.364. The van der Waals surface area contributed by atoms with E-state index in [1.807, 2.05) is 0 Å². The summed E-state index contributed by atoms with van der Waals surface area (Å²) >= 11 is 0. The van der Waals surface area contributed by atoms with Gasteiger partial charge in [-0.25, -0.2) is 0 Å². The molecule has 0 bridgehead atoms. The van der Waals surface area contributed by atoms with Gasteiger partial charge in [-0.1, -0.05) is 25.1 Å². The zero-order valence-corrected chi connectivity index (χ0v) is 22.2. The van der Waals surface area contributed by atoms with Crippen molar-refractivity contribution >= 4 is 5.71 Å². The minimum absolute atomic E-state index is 0.00326. The van der Waals surface area contributed by atoms with E-state index in [1.165, 1.54) is 18.3 Å². The van der Waals surface area contributed by atoms with Crippen LogP contribution >= 0.6 is 0 Å². The maximum atomic E-state index is 11.6. The average Bonchev–Trinajstić information content (AvgIpc) is 3.11. The molecule has 3 unspecified atom stereocenters. The van der Waals surface area contributed by atoms with Gasteiger partial charge in [-0.3, -0.25) is 0 Å². The second-order valence-corrected chi connectivity index (χ2v) is 12.9. The van der Waals surface area contributed by atoms with E-state index in [4.69, 9.17) is 4.84 Å². The molecule has 0 spiro atoms. The fraction of sp³-hybridized carbons (Fsp3) is 0.821. The second-order valence-electron chi connectivity index (χ2n) is 12.9. The van der Waals surface area contributed by atoms with Crippen LogP contribution in [0.15, 0.2) is 28.5 Å². The van der Waals surface area contributed by atoms with E-state index in [2.05, 4.69) is 31.2 Å². The van der Waals surface area contributed by atoms with Crippen molar-refractivity contribution in [3.8, 4) is 0 Å². The Labute approximate surface area is 209 Å². The summed E-state index contributed by atoms with van der Waals surface area (Å²) in [4.78, 5) is 5.20. The van der Waals surface area contributed by atoms with Crippen LogP contribution < -0.4 is 0 Å². The minimum Gasteiger partial charge on any atom is -0.399 e. The number of nitrogens with zero attached hydrogens (tertiary/aromatic N) is 1. The molecule has 7 heteroatoms. The number of rotatable bonds is 6. The predicted octanol–water partition coefficient (Wildman–Crippen LogP) is 3.09. The zero-order chi connectivity index (χ0) is 26.0. The summed E-state index contributed by atoms with van der Waals surface area (Å²) in [5.41, 5.74) is 0.440. The summed E-state index contributed by atoms with van der Waals surface area (Å²) in [5, 5.41) is 58.2. The second kappa shape index (κ2) is 8.95. The van der Waals surface area contributed by atoms with Crippen molar-refractivity contribution < 1.29 is 30.4 Å². The predicted molar refractivity (Wildman–Crippen MR) is 135 cm³/mol. The first-order valence-electron chi connectivity index (χ1n) is 13.2. The monoisotopic (exact) mass is 491 g/mol. The van der Waals surface area contributed by atoms with Crippen LogP contribution in [-0.4, -0.2) is 67.9 Å². The number of oxime groups is 1.